The van der Waals surface area contributed by atoms with Gasteiger partial charge >= 0.3 is 5.69 Å². The van der Waals surface area contributed by atoms with E-state index < -0.39 is 23.7 Å². The van der Waals surface area contributed by atoms with Gasteiger partial charge < -0.3 is 10.1 Å². The number of nitrogens with one attached hydrogen (secondary N) is 1. The van der Waals surface area contributed by atoms with Gasteiger partial charge in [0.25, 0.3) is 5.56 Å². The van der Waals surface area contributed by atoms with Crippen molar-refractivity contribution in [3.8, 4) is 5.75 Å². The summed E-state index contributed by atoms with van der Waals surface area (Å²) in [6.07, 6.45) is 1.44. The standard InChI is InChI=1S/C17H15ClN4O4/c1-21-15-14(12(26-2)6-7-19-15)16(24)22(17(21)25)9-13(23)20-11-5-3-4-10(18)8-11/h3-8H,9H2,1-2H3,(H,20,23). The molecule has 0 aliphatic rings. The molecule has 1 N–H and O–H groups in total. The number of nitrogens with zero attached hydrogens (tertiary/aromatic N) is 3. The Morgan fingerprint density at radius 2 is 2.08 bits per heavy atom. The fourth-order valence-electron chi connectivity index (χ4n) is 2.60. The quantitative estimate of drug-likeness (QED) is 0.744. The number of benzene rings is 1. The van der Waals surface area contributed by atoms with Crippen molar-refractivity contribution in [2.45, 2.75) is 6.54 Å². The second-order valence-corrected chi connectivity index (χ2v) is 5.94. The Labute approximate surface area is 152 Å². The number of pyridine rings is 1. The Hall–Kier alpha value is -3.13. The molecule has 0 spiro atoms. The Balaban J connectivity index is 2.04. The van der Waals surface area contributed by atoms with E-state index in [1.807, 2.05) is 0 Å². The largest absolute Gasteiger partial charge is 0.496 e. The van der Waals surface area contributed by atoms with Crippen LogP contribution < -0.4 is 21.3 Å². The molecule has 134 valence electrons. The summed E-state index contributed by atoms with van der Waals surface area (Å²) in [7, 11) is 2.89. The van der Waals surface area contributed by atoms with Gasteiger partial charge in [-0.25, -0.2) is 14.3 Å². The van der Waals surface area contributed by atoms with Crippen LogP contribution in [-0.2, 0) is 18.4 Å². The third-order valence-corrected chi connectivity index (χ3v) is 4.05. The van der Waals surface area contributed by atoms with Gasteiger partial charge in [0.2, 0.25) is 5.91 Å². The van der Waals surface area contributed by atoms with Crippen molar-refractivity contribution in [1.82, 2.24) is 14.1 Å². The van der Waals surface area contributed by atoms with E-state index in [-0.39, 0.29) is 16.8 Å². The van der Waals surface area contributed by atoms with E-state index in [0.717, 1.165) is 4.57 Å². The number of ether oxygens (including phenoxy) is 1. The third-order valence-electron chi connectivity index (χ3n) is 3.82. The first-order valence-corrected chi connectivity index (χ1v) is 7.98. The van der Waals surface area contributed by atoms with Crippen LogP contribution in [0, 0.1) is 0 Å². The summed E-state index contributed by atoms with van der Waals surface area (Å²) < 4.78 is 7.23. The van der Waals surface area contributed by atoms with Gasteiger partial charge in [0, 0.05) is 24.0 Å². The zero-order chi connectivity index (χ0) is 18.8. The Kier molecular flexibility index (Phi) is 4.77. The zero-order valence-corrected chi connectivity index (χ0v) is 14.8. The second-order valence-electron chi connectivity index (χ2n) is 5.50. The summed E-state index contributed by atoms with van der Waals surface area (Å²) in [6, 6.07) is 8.08. The van der Waals surface area contributed by atoms with Gasteiger partial charge in [-0.1, -0.05) is 17.7 Å². The number of fused-ring (bicyclic) bond motifs is 1. The highest BCUT2D eigenvalue weighted by molar-refractivity contribution is 6.30. The van der Waals surface area contributed by atoms with Crippen LogP contribution in [-0.4, -0.2) is 27.1 Å². The number of hydrogen-bond acceptors (Lipinski definition) is 5. The molecule has 9 heteroatoms. The van der Waals surface area contributed by atoms with Crippen molar-refractivity contribution >= 4 is 34.2 Å². The number of aryl methyl sites for hydroxylation is 1. The van der Waals surface area contributed by atoms with Crippen molar-refractivity contribution in [3.05, 3.63) is 62.4 Å². The molecule has 2 heterocycles. The maximum atomic E-state index is 12.8. The minimum atomic E-state index is -0.649. The number of carbonyl (C=O) groups excluding carboxylic acids is 1. The smallest absolute Gasteiger partial charge is 0.332 e. The number of amides is 1. The molecule has 2 aromatic heterocycles. The number of rotatable bonds is 4. The normalized spacial score (nSPS) is 10.7. The average Bonchev–Trinajstić information content (AvgIpc) is 2.62. The third kappa shape index (κ3) is 3.18. The average molecular weight is 375 g/mol. The summed E-state index contributed by atoms with van der Waals surface area (Å²) in [4.78, 5) is 41.6. The molecule has 1 amide bonds. The summed E-state index contributed by atoms with van der Waals surface area (Å²) >= 11 is 5.88. The van der Waals surface area contributed by atoms with Crippen LogP contribution in [0.25, 0.3) is 11.0 Å². The SMILES string of the molecule is COc1ccnc2c1c(=O)n(CC(=O)Nc1cccc(Cl)c1)c(=O)n2C. The lowest BCUT2D eigenvalue weighted by Gasteiger charge is -2.12. The lowest BCUT2D eigenvalue weighted by molar-refractivity contribution is -0.116. The second kappa shape index (κ2) is 7.01. The molecule has 1 aromatic carbocycles. The van der Waals surface area contributed by atoms with Gasteiger partial charge in [0.05, 0.1) is 7.11 Å². The number of aromatic nitrogens is 3. The highest BCUT2D eigenvalue weighted by atomic mass is 35.5. The molecule has 0 bridgehead atoms. The van der Waals surface area contributed by atoms with Crippen LogP contribution in [0.1, 0.15) is 0 Å². The molecule has 0 atom stereocenters. The van der Waals surface area contributed by atoms with E-state index in [0.29, 0.717) is 10.7 Å². The van der Waals surface area contributed by atoms with E-state index in [1.54, 1.807) is 24.3 Å². The molecule has 0 radical (unpaired) electrons. The molecule has 3 aromatic rings. The molecule has 0 unspecified atom stereocenters. The fourth-order valence-corrected chi connectivity index (χ4v) is 2.79. The number of halogens is 1. The van der Waals surface area contributed by atoms with Crippen molar-refractivity contribution in [1.29, 1.82) is 0 Å². The number of hydrogen-bond donors (Lipinski definition) is 1. The number of anilines is 1. The molecular formula is C17H15ClN4O4. The lowest BCUT2D eigenvalue weighted by atomic mass is 10.3. The molecule has 26 heavy (non-hydrogen) atoms. The molecule has 0 aliphatic carbocycles. The molecule has 3 rings (SSSR count). The van der Waals surface area contributed by atoms with Crippen LogP contribution in [0.5, 0.6) is 5.75 Å². The molecular weight excluding hydrogens is 360 g/mol. The highest BCUT2D eigenvalue weighted by Gasteiger charge is 2.17. The lowest BCUT2D eigenvalue weighted by Crippen LogP contribution is -2.42. The van der Waals surface area contributed by atoms with E-state index in [9.17, 15) is 14.4 Å². The summed E-state index contributed by atoms with van der Waals surface area (Å²) in [5.74, 6) is -0.256. The van der Waals surface area contributed by atoms with Gasteiger partial charge in [-0.15, -0.1) is 0 Å². The monoisotopic (exact) mass is 374 g/mol. The summed E-state index contributed by atoms with van der Waals surface area (Å²) in [5.41, 5.74) is -0.642. The predicted molar refractivity (Wildman–Crippen MR) is 97.9 cm³/mol. The van der Waals surface area contributed by atoms with Gasteiger partial charge in [0.15, 0.2) is 5.65 Å². The first-order valence-electron chi connectivity index (χ1n) is 7.60. The molecule has 0 saturated heterocycles. The van der Waals surface area contributed by atoms with Crippen molar-refractivity contribution in [3.63, 3.8) is 0 Å². The van der Waals surface area contributed by atoms with Crippen molar-refractivity contribution < 1.29 is 9.53 Å². The minimum Gasteiger partial charge on any atom is -0.496 e. The van der Waals surface area contributed by atoms with Crippen molar-refractivity contribution in [2.75, 3.05) is 12.4 Å². The maximum Gasteiger partial charge on any atom is 0.332 e. The van der Waals surface area contributed by atoms with Gasteiger partial charge in [-0.05, 0) is 24.3 Å². The predicted octanol–water partition coefficient (Wildman–Crippen LogP) is 1.40. The fraction of sp³-hybridized carbons (Fsp3) is 0.176. The van der Waals surface area contributed by atoms with E-state index in [1.165, 1.54) is 31.0 Å². The van der Waals surface area contributed by atoms with Crippen LogP contribution in [0.3, 0.4) is 0 Å². The Morgan fingerprint density at radius 1 is 1.31 bits per heavy atom. The Bertz CT molecular complexity index is 1120. The van der Waals surface area contributed by atoms with Crippen LogP contribution >= 0.6 is 11.6 Å². The van der Waals surface area contributed by atoms with Gasteiger partial charge in [-0.2, -0.15) is 0 Å². The first-order chi connectivity index (χ1) is 12.4. The maximum absolute atomic E-state index is 12.8. The van der Waals surface area contributed by atoms with E-state index in [4.69, 9.17) is 16.3 Å². The van der Waals surface area contributed by atoms with E-state index in [2.05, 4.69) is 10.3 Å². The first kappa shape index (κ1) is 17.7. The molecule has 8 nitrogen and oxygen atoms in total. The molecule has 0 aliphatic heterocycles. The van der Waals surface area contributed by atoms with Crippen LogP contribution in [0.4, 0.5) is 5.69 Å². The number of methoxy groups -OCH3 is 1. The Morgan fingerprint density at radius 3 is 2.77 bits per heavy atom. The van der Waals surface area contributed by atoms with Crippen molar-refractivity contribution in [2.24, 2.45) is 7.05 Å². The molecule has 0 fully saturated rings. The zero-order valence-electron chi connectivity index (χ0n) is 14.0. The van der Waals surface area contributed by atoms with E-state index >= 15 is 0 Å². The highest BCUT2D eigenvalue weighted by Crippen LogP contribution is 2.18. The van der Waals surface area contributed by atoms with Gasteiger partial charge in [0.1, 0.15) is 17.7 Å². The van der Waals surface area contributed by atoms with Gasteiger partial charge in [-0.3, -0.25) is 14.2 Å². The summed E-state index contributed by atoms with van der Waals surface area (Å²) in [6.45, 7) is -0.452. The molecule has 0 saturated carbocycles. The summed E-state index contributed by atoms with van der Waals surface area (Å²) in [5, 5.41) is 3.19. The number of carbonyl (C=O) groups is 1. The van der Waals surface area contributed by atoms with Crippen LogP contribution in [0.2, 0.25) is 5.02 Å². The topological polar surface area (TPSA) is 95.2 Å². The minimum absolute atomic E-state index is 0.132. The van der Waals surface area contributed by atoms with Crippen LogP contribution in [0.15, 0.2) is 46.1 Å².